The Balaban J connectivity index is 1.56. The average Bonchev–Trinajstić information content (AvgIpc) is 3.25. The maximum Gasteiger partial charge on any atom is 0.273 e. The molecule has 1 N–H and O–H groups in total. The van der Waals surface area contributed by atoms with E-state index < -0.39 is 0 Å². The zero-order valence-corrected chi connectivity index (χ0v) is 12.7. The van der Waals surface area contributed by atoms with Crippen LogP contribution in [0.1, 0.15) is 34.9 Å². The van der Waals surface area contributed by atoms with Crippen molar-refractivity contribution in [1.82, 2.24) is 25.1 Å². The monoisotopic (exact) mass is 313 g/mol. The molecule has 0 saturated carbocycles. The molecule has 0 radical (unpaired) electrons. The molecule has 22 heavy (non-hydrogen) atoms. The Labute approximate surface area is 131 Å². The maximum atomic E-state index is 12.4. The van der Waals surface area contributed by atoms with Crippen LogP contribution in [-0.2, 0) is 0 Å². The van der Waals surface area contributed by atoms with Gasteiger partial charge < -0.3 is 4.90 Å². The smallest absolute Gasteiger partial charge is 0.273 e. The molecule has 6 nitrogen and oxygen atoms in total. The number of amides is 1. The van der Waals surface area contributed by atoms with Crippen LogP contribution in [0.5, 0.6) is 0 Å². The van der Waals surface area contributed by atoms with Gasteiger partial charge in [0.05, 0.1) is 11.7 Å². The van der Waals surface area contributed by atoms with Gasteiger partial charge in [-0.3, -0.25) is 9.89 Å². The number of hydrogen-bond donors (Lipinski definition) is 1. The van der Waals surface area contributed by atoms with Crippen molar-refractivity contribution in [2.24, 2.45) is 0 Å². The van der Waals surface area contributed by atoms with Crippen LogP contribution in [0.15, 0.2) is 29.2 Å². The minimum absolute atomic E-state index is 0.0218. The normalized spacial score (nSPS) is 18.7. The highest BCUT2D eigenvalue weighted by atomic mass is 32.1. The van der Waals surface area contributed by atoms with Crippen LogP contribution in [-0.4, -0.2) is 44.1 Å². The topological polar surface area (TPSA) is 74.8 Å². The molecule has 4 heterocycles. The average molecular weight is 313 g/mol. The van der Waals surface area contributed by atoms with E-state index in [-0.39, 0.29) is 11.8 Å². The quantitative estimate of drug-likeness (QED) is 0.788. The number of aromatic amines is 1. The number of pyridine rings is 1. The van der Waals surface area contributed by atoms with Crippen LogP contribution in [0.4, 0.5) is 0 Å². The summed E-state index contributed by atoms with van der Waals surface area (Å²) in [6.45, 7) is 1.49. The molecule has 1 atom stereocenters. The number of carbonyl (C=O) groups is 1. The van der Waals surface area contributed by atoms with Gasteiger partial charge in [0.25, 0.3) is 5.91 Å². The summed E-state index contributed by atoms with van der Waals surface area (Å²) in [4.78, 5) is 23.1. The Morgan fingerprint density at radius 1 is 1.41 bits per heavy atom. The van der Waals surface area contributed by atoms with Crippen LogP contribution in [0, 0.1) is 0 Å². The van der Waals surface area contributed by atoms with Crippen LogP contribution in [0.3, 0.4) is 0 Å². The molecule has 0 spiro atoms. The number of thiazole rings is 1. The summed E-state index contributed by atoms with van der Waals surface area (Å²) in [5, 5.41) is 9.73. The maximum absolute atomic E-state index is 12.4. The number of nitrogens with zero attached hydrogens (tertiary/aromatic N) is 4. The number of carbonyl (C=O) groups excluding carboxylic acids is 1. The number of hydrogen-bond acceptors (Lipinski definition) is 5. The molecule has 0 aromatic carbocycles. The van der Waals surface area contributed by atoms with Crippen LogP contribution < -0.4 is 0 Å². The van der Waals surface area contributed by atoms with Gasteiger partial charge >= 0.3 is 0 Å². The predicted octanol–water partition coefficient (Wildman–Crippen LogP) is 2.43. The minimum Gasteiger partial charge on any atom is -0.337 e. The van der Waals surface area contributed by atoms with E-state index in [1.807, 2.05) is 17.0 Å². The number of H-pyrrole nitrogens is 1. The lowest BCUT2D eigenvalue weighted by Gasteiger charge is -2.32. The first-order valence-electron chi connectivity index (χ1n) is 7.29. The molecule has 0 aliphatic carbocycles. The van der Waals surface area contributed by atoms with Crippen molar-refractivity contribution in [3.8, 4) is 0 Å². The second kappa shape index (κ2) is 5.49. The van der Waals surface area contributed by atoms with Crippen LogP contribution in [0.25, 0.3) is 11.0 Å². The van der Waals surface area contributed by atoms with E-state index in [1.54, 1.807) is 17.1 Å². The Morgan fingerprint density at radius 3 is 3.23 bits per heavy atom. The molecule has 112 valence electrons. The van der Waals surface area contributed by atoms with E-state index >= 15 is 0 Å². The third kappa shape index (κ3) is 2.37. The predicted molar refractivity (Wildman–Crippen MR) is 83.9 cm³/mol. The lowest BCUT2D eigenvalue weighted by atomic mass is 9.94. The van der Waals surface area contributed by atoms with Crippen molar-refractivity contribution >= 4 is 28.3 Å². The number of piperidine rings is 1. The van der Waals surface area contributed by atoms with Crippen molar-refractivity contribution in [2.45, 2.75) is 18.8 Å². The molecule has 4 rings (SSSR count). The van der Waals surface area contributed by atoms with E-state index in [9.17, 15) is 4.79 Å². The number of rotatable bonds is 2. The summed E-state index contributed by atoms with van der Waals surface area (Å²) < 4.78 is 0. The van der Waals surface area contributed by atoms with Gasteiger partial charge in [0.1, 0.15) is 5.69 Å². The molecular weight excluding hydrogens is 298 g/mol. The van der Waals surface area contributed by atoms with Crippen molar-refractivity contribution in [3.63, 3.8) is 0 Å². The largest absolute Gasteiger partial charge is 0.337 e. The van der Waals surface area contributed by atoms with Crippen molar-refractivity contribution < 1.29 is 4.79 Å². The van der Waals surface area contributed by atoms with Gasteiger partial charge in [0, 0.05) is 35.5 Å². The highest BCUT2D eigenvalue weighted by Crippen LogP contribution is 2.27. The minimum atomic E-state index is 0.0218. The molecule has 1 amide bonds. The SMILES string of the molecule is O=C(c1cscn1)N1CCC[C@@H](c2ccc3cn[nH]c3n2)C1. The summed E-state index contributed by atoms with van der Waals surface area (Å²) in [6, 6.07) is 4.07. The van der Waals surface area contributed by atoms with Gasteiger partial charge in [-0.05, 0) is 25.0 Å². The second-order valence-corrected chi connectivity index (χ2v) is 6.23. The molecule has 0 unspecified atom stereocenters. The van der Waals surface area contributed by atoms with Gasteiger partial charge in [-0.15, -0.1) is 11.3 Å². The number of nitrogens with one attached hydrogen (secondary N) is 1. The van der Waals surface area contributed by atoms with Crippen molar-refractivity contribution in [3.05, 3.63) is 40.6 Å². The Bertz CT molecular complexity index is 797. The first-order chi connectivity index (χ1) is 10.8. The summed E-state index contributed by atoms with van der Waals surface area (Å²) in [5.74, 6) is 0.289. The Hall–Kier alpha value is -2.28. The van der Waals surface area contributed by atoms with E-state index in [2.05, 4.69) is 20.2 Å². The first-order valence-corrected chi connectivity index (χ1v) is 8.23. The fourth-order valence-electron chi connectivity index (χ4n) is 2.95. The third-order valence-electron chi connectivity index (χ3n) is 4.10. The van der Waals surface area contributed by atoms with Crippen LogP contribution in [0.2, 0.25) is 0 Å². The Morgan fingerprint density at radius 2 is 2.36 bits per heavy atom. The second-order valence-electron chi connectivity index (χ2n) is 5.51. The van der Waals surface area contributed by atoms with E-state index in [0.717, 1.165) is 36.1 Å². The first kappa shape index (κ1) is 13.4. The number of likely N-dealkylation sites (tertiary alicyclic amines) is 1. The van der Waals surface area contributed by atoms with Gasteiger partial charge in [0.15, 0.2) is 5.65 Å². The highest BCUT2D eigenvalue weighted by Gasteiger charge is 2.27. The molecule has 3 aromatic rings. The van der Waals surface area contributed by atoms with Gasteiger partial charge in [-0.2, -0.15) is 5.10 Å². The number of aromatic nitrogens is 4. The standard InChI is InChI=1S/C15H15N5OS/c21-15(13-8-22-9-16-13)20-5-1-2-11(7-20)12-4-3-10-6-17-19-14(10)18-12/h3-4,6,8-9,11H,1-2,5,7H2,(H,17,18,19)/t11-/m1/s1. The van der Waals surface area contributed by atoms with Gasteiger partial charge in [-0.1, -0.05) is 0 Å². The molecular formula is C15H15N5OS. The zero-order valence-electron chi connectivity index (χ0n) is 11.9. The molecule has 1 aliphatic heterocycles. The Kier molecular flexibility index (Phi) is 3.34. The fraction of sp³-hybridized carbons (Fsp3) is 0.333. The zero-order chi connectivity index (χ0) is 14.9. The lowest BCUT2D eigenvalue weighted by Crippen LogP contribution is -2.39. The van der Waals surface area contributed by atoms with Crippen molar-refractivity contribution in [1.29, 1.82) is 0 Å². The van der Waals surface area contributed by atoms with E-state index in [4.69, 9.17) is 0 Å². The summed E-state index contributed by atoms with van der Waals surface area (Å²) in [6.07, 6.45) is 3.81. The number of fused-ring (bicyclic) bond motifs is 1. The molecule has 3 aromatic heterocycles. The molecule has 0 bridgehead atoms. The molecule has 1 fully saturated rings. The fourth-order valence-corrected chi connectivity index (χ4v) is 3.48. The van der Waals surface area contributed by atoms with E-state index in [1.165, 1.54) is 11.3 Å². The summed E-state index contributed by atoms with van der Waals surface area (Å²) >= 11 is 1.45. The highest BCUT2D eigenvalue weighted by molar-refractivity contribution is 7.07. The molecule has 7 heteroatoms. The third-order valence-corrected chi connectivity index (χ3v) is 4.69. The molecule has 1 aliphatic rings. The molecule has 1 saturated heterocycles. The lowest BCUT2D eigenvalue weighted by molar-refractivity contribution is 0.0701. The summed E-state index contributed by atoms with van der Waals surface area (Å²) in [7, 11) is 0. The van der Waals surface area contributed by atoms with Gasteiger partial charge in [-0.25, -0.2) is 9.97 Å². The summed E-state index contributed by atoms with van der Waals surface area (Å²) in [5.41, 5.74) is 4.07. The van der Waals surface area contributed by atoms with Crippen LogP contribution >= 0.6 is 11.3 Å². The van der Waals surface area contributed by atoms with Crippen molar-refractivity contribution in [2.75, 3.05) is 13.1 Å². The van der Waals surface area contributed by atoms with Gasteiger partial charge in [0.2, 0.25) is 0 Å². The van der Waals surface area contributed by atoms with E-state index in [0.29, 0.717) is 12.2 Å².